The van der Waals surface area contributed by atoms with Gasteiger partial charge in [0.05, 0.1) is 11.1 Å². The molecule has 12 heteroatoms. The number of ether oxygens (including phenoxy) is 1. The number of carbonyl (C=O) groups excluding carboxylic acids is 2. The first-order valence-corrected chi connectivity index (χ1v) is 10.9. The number of carbonyl (C=O) groups is 2. The zero-order valence-corrected chi connectivity index (χ0v) is 18.7. The molecule has 9 nitrogen and oxygen atoms in total. The monoisotopic (exact) mass is 490 g/mol. The number of hydrogen-bond acceptors (Lipinski definition) is 6. The fraction of sp³-hybridized carbons (Fsp3) is 0.318. The Bertz CT molecular complexity index is 1170. The Balaban J connectivity index is 1.48. The van der Waals surface area contributed by atoms with Crippen molar-refractivity contribution in [2.75, 3.05) is 24.6 Å². The van der Waals surface area contributed by atoms with E-state index in [9.17, 15) is 18.4 Å². The molecule has 2 amide bonds. The van der Waals surface area contributed by atoms with E-state index in [1.165, 1.54) is 36.4 Å². The molecule has 4 rings (SSSR count). The van der Waals surface area contributed by atoms with Crippen LogP contribution < -0.4 is 10.2 Å². The number of benzene rings is 2. The summed E-state index contributed by atoms with van der Waals surface area (Å²) < 4.78 is 32.3. The maximum absolute atomic E-state index is 13.7. The summed E-state index contributed by atoms with van der Waals surface area (Å²) >= 11 is 5.89. The standard InChI is InChI=1S/C22H21ClF2N6O3/c23-18-10-16(7-8-19(18)25)30(12-20(32)26-11-17-2-1-9-34-17)21(33)13-31-28-22(27-29-31)14-3-5-15(24)6-4-14/h3-8,10,17H,1-2,9,11-13H2,(H,26,32). The Hall–Kier alpha value is -3.44. The van der Waals surface area contributed by atoms with Crippen LogP contribution >= 0.6 is 11.6 Å². The molecule has 1 fully saturated rings. The molecule has 3 aromatic rings. The lowest BCUT2D eigenvalue weighted by Gasteiger charge is -2.23. The second-order valence-corrected chi connectivity index (χ2v) is 8.07. The van der Waals surface area contributed by atoms with Crippen molar-refractivity contribution in [1.82, 2.24) is 25.5 Å². The molecule has 1 aromatic heterocycles. The minimum Gasteiger partial charge on any atom is -0.376 e. The van der Waals surface area contributed by atoms with Crippen molar-refractivity contribution in [1.29, 1.82) is 0 Å². The molecule has 2 heterocycles. The Labute approximate surface area is 198 Å². The van der Waals surface area contributed by atoms with Crippen LogP contribution in [0.15, 0.2) is 42.5 Å². The molecular formula is C22H21ClF2N6O3. The Kier molecular flexibility index (Phi) is 7.43. The van der Waals surface area contributed by atoms with Gasteiger partial charge >= 0.3 is 0 Å². The van der Waals surface area contributed by atoms with Crippen LogP contribution in [0.2, 0.25) is 5.02 Å². The van der Waals surface area contributed by atoms with Gasteiger partial charge in [0, 0.05) is 24.4 Å². The van der Waals surface area contributed by atoms with E-state index in [0.29, 0.717) is 18.7 Å². The summed E-state index contributed by atoms with van der Waals surface area (Å²) in [5.41, 5.74) is 0.762. The van der Waals surface area contributed by atoms with Gasteiger partial charge in [0.15, 0.2) is 0 Å². The lowest BCUT2D eigenvalue weighted by atomic mass is 10.2. The second kappa shape index (κ2) is 10.7. The number of rotatable bonds is 8. The first-order valence-electron chi connectivity index (χ1n) is 10.6. The van der Waals surface area contributed by atoms with Gasteiger partial charge in [0.25, 0.3) is 5.91 Å². The van der Waals surface area contributed by atoms with Gasteiger partial charge < -0.3 is 15.0 Å². The molecule has 0 spiro atoms. The van der Waals surface area contributed by atoms with E-state index in [1.807, 2.05) is 0 Å². The number of hydrogen-bond donors (Lipinski definition) is 1. The van der Waals surface area contributed by atoms with Crippen molar-refractivity contribution in [3.63, 3.8) is 0 Å². The Morgan fingerprint density at radius 1 is 1.21 bits per heavy atom. The zero-order chi connectivity index (χ0) is 24.1. The summed E-state index contributed by atoms with van der Waals surface area (Å²) in [4.78, 5) is 27.9. The smallest absolute Gasteiger partial charge is 0.251 e. The first-order chi connectivity index (χ1) is 16.4. The highest BCUT2D eigenvalue weighted by Gasteiger charge is 2.23. The molecule has 178 valence electrons. The van der Waals surface area contributed by atoms with Crippen LogP contribution in [-0.4, -0.2) is 57.8 Å². The van der Waals surface area contributed by atoms with Gasteiger partial charge in [-0.3, -0.25) is 9.59 Å². The highest BCUT2D eigenvalue weighted by molar-refractivity contribution is 6.31. The molecule has 0 saturated carbocycles. The molecule has 1 aliphatic rings. The Morgan fingerprint density at radius 3 is 2.71 bits per heavy atom. The van der Waals surface area contributed by atoms with Gasteiger partial charge in [-0.25, -0.2) is 8.78 Å². The quantitative estimate of drug-likeness (QED) is 0.521. The van der Waals surface area contributed by atoms with E-state index < -0.39 is 23.4 Å². The fourth-order valence-electron chi connectivity index (χ4n) is 3.44. The molecule has 1 unspecified atom stereocenters. The molecule has 1 aliphatic heterocycles. The van der Waals surface area contributed by atoms with E-state index in [1.54, 1.807) is 0 Å². The molecule has 34 heavy (non-hydrogen) atoms. The number of anilines is 1. The van der Waals surface area contributed by atoms with Crippen LogP contribution in [0.4, 0.5) is 14.5 Å². The second-order valence-electron chi connectivity index (χ2n) is 7.67. The van der Waals surface area contributed by atoms with Gasteiger partial charge in [0.2, 0.25) is 11.7 Å². The lowest BCUT2D eigenvalue weighted by Crippen LogP contribution is -2.44. The molecule has 1 atom stereocenters. The number of tetrazole rings is 1. The minimum absolute atomic E-state index is 0.0578. The molecular weight excluding hydrogens is 470 g/mol. The number of aromatic nitrogens is 4. The molecule has 0 aliphatic carbocycles. The highest BCUT2D eigenvalue weighted by atomic mass is 35.5. The van der Waals surface area contributed by atoms with Crippen LogP contribution in [0, 0.1) is 11.6 Å². The molecule has 0 bridgehead atoms. The maximum Gasteiger partial charge on any atom is 0.251 e. The van der Waals surface area contributed by atoms with Gasteiger partial charge in [-0.05, 0) is 60.5 Å². The number of halogens is 3. The SMILES string of the molecule is O=C(CN(C(=O)Cn1nnc(-c2ccc(F)cc2)n1)c1ccc(F)c(Cl)c1)NCC1CCCO1. The van der Waals surface area contributed by atoms with Crippen LogP contribution in [0.25, 0.3) is 11.4 Å². The van der Waals surface area contributed by atoms with E-state index in [0.717, 1.165) is 28.6 Å². The van der Waals surface area contributed by atoms with Gasteiger partial charge in [-0.15, -0.1) is 10.2 Å². The molecule has 1 N–H and O–H groups in total. The van der Waals surface area contributed by atoms with Crippen molar-refractivity contribution in [2.45, 2.75) is 25.5 Å². The predicted molar refractivity (Wildman–Crippen MR) is 119 cm³/mol. The van der Waals surface area contributed by atoms with Crippen molar-refractivity contribution < 1.29 is 23.1 Å². The van der Waals surface area contributed by atoms with E-state index >= 15 is 0 Å². The Morgan fingerprint density at radius 2 is 2.00 bits per heavy atom. The maximum atomic E-state index is 13.7. The zero-order valence-electron chi connectivity index (χ0n) is 18.0. The van der Waals surface area contributed by atoms with Crippen LogP contribution in [-0.2, 0) is 20.9 Å². The van der Waals surface area contributed by atoms with Crippen LogP contribution in [0.1, 0.15) is 12.8 Å². The van der Waals surface area contributed by atoms with Gasteiger partial charge in [0.1, 0.15) is 24.7 Å². The van der Waals surface area contributed by atoms with E-state index in [4.69, 9.17) is 16.3 Å². The van der Waals surface area contributed by atoms with E-state index in [-0.39, 0.29) is 35.7 Å². The van der Waals surface area contributed by atoms with Crippen molar-refractivity contribution in [3.8, 4) is 11.4 Å². The van der Waals surface area contributed by atoms with Crippen molar-refractivity contribution >= 4 is 29.1 Å². The number of nitrogens with one attached hydrogen (secondary N) is 1. The van der Waals surface area contributed by atoms with Gasteiger partial charge in [-0.1, -0.05) is 11.6 Å². The third-order valence-corrected chi connectivity index (χ3v) is 5.49. The van der Waals surface area contributed by atoms with Crippen molar-refractivity contribution in [3.05, 3.63) is 59.1 Å². The van der Waals surface area contributed by atoms with Gasteiger partial charge in [-0.2, -0.15) is 4.80 Å². The van der Waals surface area contributed by atoms with Crippen LogP contribution in [0.5, 0.6) is 0 Å². The van der Waals surface area contributed by atoms with E-state index in [2.05, 4.69) is 20.7 Å². The average molecular weight is 491 g/mol. The third kappa shape index (κ3) is 5.91. The highest BCUT2D eigenvalue weighted by Crippen LogP contribution is 2.23. The summed E-state index contributed by atoms with van der Waals surface area (Å²) in [6.07, 6.45) is 1.73. The fourth-order valence-corrected chi connectivity index (χ4v) is 3.61. The van der Waals surface area contributed by atoms with Crippen LogP contribution in [0.3, 0.4) is 0 Å². The molecule has 0 radical (unpaired) electrons. The minimum atomic E-state index is -0.650. The molecule has 1 saturated heterocycles. The predicted octanol–water partition coefficient (Wildman–Crippen LogP) is 2.60. The lowest BCUT2D eigenvalue weighted by molar-refractivity contribution is -0.124. The summed E-state index contributed by atoms with van der Waals surface area (Å²) in [6, 6.07) is 9.23. The third-order valence-electron chi connectivity index (χ3n) is 5.20. The number of amides is 2. The summed E-state index contributed by atoms with van der Waals surface area (Å²) in [5.74, 6) is -1.81. The number of nitrogens with zero attached hydrogens (tertiary/aromatic N) is 5. The largest absolute Gasteiger partial charge is 0.376 e. The summed E-state index contributed by atoms with van der Waals surface area (Å²) in [6.45, 7) is 0.315. The van der Waals surface area contributed by atoms with Crippen molar-refractivity contribution in [2.24, 2.45) is 0 Å². The summed E-state index contributed by atoms with van der Waals surface area (Å²) in [7, 11) is 0. The first kappa shape index (κ1) is 23.7. The molecule has 2 aromatic carbocycles. The topological polar surface area (TPSA) is 102 Å². The normalized spacial score (nSPS) is 15.3. The average Bonchev–Trinajstić information content (AvgIpc) is 3.51. The summed E-state index contributed by atoms with van der Waals surface area (Å²) in [5, 5.41) is 14.5.